The number of aliphatic hydroxyl groups is 1. The van der Waals surface area contributed by atoms with Crippen LogP contribution in [0.5, 0.6) is 0 Å². The summed E-state index contributed by atoms with van der Waals surface area (Å²) in [5.74, 6) is 0.669. The SMILES string of the molecule is O=[N+]([O-])c1ccc(N2CCOCC2CC(O)c2cccs2)nc1. The lowest BCUT2D eigenvalue weighted by Gasteiger charge is -2.37. The van der Waals surface area contributed by atoms with Crippen LogP contribution in [0.3, 0.4) is 0 Å². The van der Waals surface area contributed by atoms with E-state index in [9.17, 15) is 15.2 Å². The highest BCUT2D eigenvalue weighted by atomic mass is 32.1. The van der Waals surface area contributed by atoms with Crippen molar-refractivity contribution < 1.29 is 14.8 Å². The van der Waals surface area contributed by atoms with Crippen LogP contribution in [0.2, 0.25) is 0 Å². The molecule has 2 atom stereocenters. The number of thiophene rings is 1. The number of anilines is 1. The first kappa shape index (κ1) is 15.9. The van der Waals surface area contributed by atoms with Gasteiger partial charge in [-0.3, -0.25) is 10.1 Å². The van der Waals surface area contributed by atoms with Crippen LogP contribution in [-0.2, 0) is 4.74 Å². The van der Waals surface area contributed by atoms with Gasteiger partial charge < -0.3 is 14.7 Å². The van der Waals surface area contributed by atoms with Crippen molar-refractivity contribution in [3.63, 3.8) is 0 Å². The monoisotopic (exact) mass is 335 g/mol. The molecule has 1 fully saturated rings. The minimum Gasteiger partial charge on any atom is -0.387 e. The van der Waals surface area contributed by atoms with Gasteiger partial charge >= 0.3 is 0 Å². The number of nitro groups is 1. The molecule has 3 rings (SSSR count). The first-order valence-corrected chi connectivity index (χ1v) is 8.19. The van der Waals surface area contributed by atoms with E-state index in [2.05, 4.69) is 4.98 Å². The predicted molar refractivity (Wildman–Crippen MR) is 86.7 cm³/mol. The second-order valence-corrected chi connectivity index (χ2v) is 6.30. The van der Waals surface area contributed by atoms with Gasteiger partial charge in [-0.05, 0) is 17.5 Å². The van der Waals surface area contributed by atoms with Gasteiger partial charge in [0.1, 0.15) is 12.0 Å². The Balaban J connectivity index is 1.74. The van der Waals surface area contributed by atoms with E-state index >= 15 is 0 Å². The maximum absolute atomic E-state index is 10.7. The molecule has 0 amide bonds. The van der Waals surface area contributed by atoms with Crippen LogP contribution >= 0.6 is 11.3 Å². The predicted octanol–water partition coefficient (Wildman–Crippen LogP) is 2.38. The number of pyridine rings is 1. The second kappa shape index (κ2) is 7.03. The first-order valence-electron chi connectivity index (χ1n) is 7.31. The van der Waals surface area contributed by atoms with Crippen molar-refractivity contribution in [2.24, 2.45) is 0 Å². The minimum absolute atomic E-state index is 0.0187. The molecule has 3 heterocycles. The summed E-state index contributed by atoms with van der Waals surface area (Å²) >= 11 is 1.52. The standard InChI is InChI=1S/C15H17N3O4S/c19-13(14-2-1-7-23-14)8-12-10-22-6-5-17(12)15-4-3-11(9-16-15)18(20)21/h1-4,7,9,12-13,19H,5-6,8,10H2. The molecule has 1 aliphatic rings. The molecule has 122 valence electrons. The van der Waals surface area contributed by atoms with E-state index in [0.29, 0.717) is 32.0 Å². The molecular formula is C15H17N3O4S. The number of ether oxygens (including phenoxy) is 1. The molecule has 7 nitrogen and oxygen atoms in total. The van der Waals surface area contributed by atoms with E-state index in [1.807, 2.05) is 22.4 Å². The van der Waals surface area contributed by atoms with Gasteiger partial charge in [-0.2, -0.15) is 0 Å². The van der Waals surface area contributed by atoms with Crippen molar-refractivity contribution in [2.75, 3.05) is 24.7 Å². The van der Waals surface area contributed by atoms with Gasteiger partial charge in [-0.15, -0.1) is 11.3 Å². The fourth-order valence-corrected chi connectivity index (χ4v) is 3.39. The summed E-state index contributed by atoms with van der Waals surface area (Å²) in [7, 11) is 0. The average Bonchev–Trinajstić information content (AvgIpc) is 3.10. The third-order valence-electron chi connectivity index (χ3n) is 3.83. The average molecular weight is 335 g/mol. The number of hydrogen-bond donors (Lipinski definition) is 1. The Kier molecular flexibility index (Phi) is 4.85. The first-order chi connectivity index (χ1) is 11.1. The fraction of sp³-hybridized carbons (Fsp3) is 0.400. The molecule has 0 aromatic carbocycles. The van der Waals surface area contributed by atoms with Crippen molar-refractivity contribution in [1.82, 2.24) is 4.98 Å². The Labute approximate surface area is 137 Å². The highest BCUT2D eigenvalue weighted by Crippen LogP contribution is 2.28. The summed E-state index contributed by atoms with van der Waals surface area (Å²) in [5.41, 5.74) is -0.0304. The largest absolute Gasteiger partial charge is 0.387 e. The summed E-state index contributed by atoms with van der Waals surface area (Å²) in [5, 5.41) is 23.0. The number of hydrogen-bond acceptors (Lipinski definition) is 7. The number of aliphatic hydroxyl groups excluding tert-OH is 1. The van der Waals surface area contributed by atoms with Gasteiger partial charge in [-0.1, -0.05) is 6.07 Å². The van der Waals surface area contributed by atoms with Gasteiger partial charge in [0.05, 0.1) is 30.3 Å². The second-order valence-electron chi connectivity index (χ2n) is 5.32. The smallest absolute Gasteiger partial charge is 0.287 e. The van der Waals surface area contributed by atoms with Crippen LogP contribution in [0.4, 0.5) is 11.5 Å². The van der Waals surface area contributed by atoms with Gasteiger partial charge in [0.2, 0.25) is 0 Å². The van der Waals surface area contributed by atoms with Gasteiger partial charge in [0, 0.05) is 23.9 Å². The van der Waals surface area contributed by atoms with Gasteiger partial charge in [0.25, 0.3) is 5.69 Å². The quantitative estimate of drug-likeness (QED) is 0.666. The van der Waals surface area contributed by atoms with Crippen molar-refractivity contribution in [1.29, 1.82) is 0 Å². The molecule has 0 radical (unpaired) electrons. The Hall–Kier alpha value is -2.03. The molecule has 0 saturated carbocycles. The Morgan fingerprint density at radius 3 is 3.04 bits per heavy atom. The summed E-state index contributed by atoms with van der Waals surface area (Å²) < 4.78 is 5.53. The number of nitrogens with zero attached hydrogens (tertiary/aromatic N) is 3. The fourth-order valence-electron chi connectivity index (χ4n) is 2.66. The molecule has 1 N–H and O–H groups in total. The van der Waals surface area contributed by atoms with Crippen LogP contribution in [-0.4, -0.2) is 40.8 Å². The van der Waals surface area contributed by atoms with Crippen molar-refractivity contribution in [3.8, 4) is 0 Å². The maximum atomic E-state index is 10.7. The molecule has 23 heavy (non-hydrogen) atoms. The van der Waals surface area contributed by atoms with E-state index in [1.165, 1.54) is 23.6 Å². The minimum atomic E-state index is -0.553. The molecule has 0 aliphatic carbocycles. The van der Waals surface area contributed by atoms with Gasteiger partial charge in [0.15, 0.2) is 0 Å². The van der Waals surface area contributed by atoms with E-state index < -0.39 is 11.0 Å². The van der Waals surface area contributed by atoms with Gasteiger partial charge in [-0.25, -0.2) is 4.98 Å². The molecule has 0 bridgehead atoms. The highest BCUT2D eigenvalue weighted by Gasteiger charge is 2.27. The molecule has 1 saturated heterocycles. The molecular weight excluding hydrogens is 318 g/mol. The zero-order valence-electron chi connectivity index (χ0n) is 12.4. The third kappa shape index (κ3) is 3.66. The highest BCUT2D eigenvalue weighted by molar-refractivity contribution is 7.10. The van der Waals surface area contributed by atoms with Crippen LogP contribution in [0.15, 0.2) is 35.8 Å². The molecule has 8 heteroatoms. The lowest BCUT2D eigenvalue weighted by atomic mass is 10.1. The van der Waals surface area contributed by atoms with Crippen molar-refractivity contribution in [3.05, 3.63) is 50.8 Å². The summed E-state index contributed by atoms with van der Waals surface area (Å²) in [6, 6.07) is 6.90. The van der Waals surface area contributed by atoms with Crippen molar-refractivity contribution >= 4 is 22.8 Å². The van der Waals surface area contributed by atoms with Crippen LogP contribution in [0.25, 0.3) is 0 Å². The van der Waals surface area contributed by atoms with Crippen LogP contribution in [0.1, 0.15) is 17.4 Å². The summed E-state index contributed by atoms with van der Waals surface area (Å²) in [6.45, 7) is 1.72. The van der Waals surface area contributed by atoms with E-state index in [4.69, 9.17) is 4.74 Å². The maximum Gasteiger partial charge on any atom is 0.287 e. The Morgan fingerprint density at radius 1 is 1.52 bits per heavy atom. The number of morpholine rings is 1. The Bertz CT molecular complexity index is 647. The van der Waals surface area contributed by atoms with E-state index in [-0.39, 0.29) is 11.7 Å². The molecule has 2 unspecified atom stereocenters. The lowest BCUT2D eigenvalue weighted by molar-refractivity contribution is -0.385. The zero-order valence-corrected chi connectivity index (χ0v) is 13.2. The molecule has 0 spiro atoms. The Morgan fingerprint density at radius 2 is 2.39 bits per heavy atom. The van der Waals surface area contributed by atoms with Crippen LogP contribution in [0, 0.1) is 10.1 Å². The molecule has 2 aromatic heterocycles. The number of aromatic nitrogens is 1. The molecule has 2 aromatic rings. The van der Waals surface area contributed by atoms with Crippen molar-refractivity contribution in [2.45, 2.75) is 18.6 Å². The lowest BCUT2D eigenvalue weighted by Crippen LogP contribution is -2.46. The van der Waals surface area contributed by atoms with E-state index in [0.717, 1.165) is 4.88 Å². The topological polar surface area (TPSA) is 88.7 Å². The summed E-state index contributed by atoms with van der Waals surface area (Å²) in [4.78, 5) is 17.4. The molecule has 1 aliphatic heterocycles. The zero-order chi connectivity index (χ0) is 16.2. The summed E-state index contributed by atoms with van der Waals surface area (Å²) in [6.07, 6.45) is 1.23. The van der Waals surface area contributed by atoms with E-state index in [1.54, 1.807) is 6.07 Å². The number of rotatable bonds is 5. The van der Waals surface area contributed by atoms with Crippen LogP contribution < -0.4 is 4.90 Å². The normalized spacial score (nSPS) is 19.5. The third-order valence-corrected chi connectivity index (χ3v) is 4.81.